The number of aliphatic hydroxyl groups excluding tert-OH is 1. The van der Waals surface area contributed by atoms with Crippen molar-refractivity contribution in [1.82, 2.24) is 5.16 Å². The third-order valence-corrected chi connectivity index (χ3v) is 2.08. The van der Waals surface area contributed by atoms with Crippen molar-refractivity contribution in [3.05, 3.63) is 41.9 Å². The molecule has 1 N–H and O–H groups in total. The average molecular weight is 237 g/mol. The van der Waals surface area contributed by atoms with Crippen LogP contribution in [0.15, 0.2) is 34.9 Å². The number of rotatable bonds is 2. The largest absolute Gasteiger partial charge is 0.385 e. The van der Waals surface area contributed by atoms with Gasteiger partial charge in [-0.05, 0) is 31.2 Å². The molecular formula is C13H16FNO2. The number of hydrogen-bond donors (Lipinski definition) is 1. The molecule has 0 aliphatic heterocycles. The van der Waals surface area contributed by atoms with Crippen LogP contribution in [-0.2, 0) is 0 Å². The highest BCUT2D eigenvalue weighted by molar-refractivity contribution is 5.58. The number of aromatic nitrogens is 1. The molecule has 0 saturated heterocycles. The molecule has 0 bridgehead atoms. The lowest BCUT2D eigenvalue weighted by Gasteiger charge is -1.94. The van der Waals surface area contributed by atoms with Crippen LogP contribution in [0.1, 0.15) is 32.6 Å². The van der Waals surface area contributed by atoms with Gasteiger partial charge >= 0.3 is 0 Å². The van der Waals surface area contributed by atoms with Gasteiger partial charge in [-0.3, -0.25) is 0 Å². The van der Waals surface area contributed by atoms with Crippen LogP contribution >= 0.6 is 0 Å². The SMILES string of the molecule is CC.CC(O)c1cc(-c2ccc(F)cc2)no1. The fraction of sp³-hybridized carbons (Fsp3) is 0.308. The monoisotopic (exact) mass is 237 g/mol. The zero-order valence-corrected chi connectivity index (χ0v) is 10.1. The first-order valence-corrected chi connectivity index (χ1v) is 5.57. The second-order valence-electron chi connectivity index (χ2n) is 3.30. The molecule has 0 saturated carbocycles. The quantitative estimate of drug-likeness (QED) is 0.868. The lowest BCUT2D eigenvalue weighted by molar-refractivity contribution is 0.158. The molecule has 1 unspecified atom stereocenters. The van der Waals surface area contributed by atoms with Crippen LogP contribution in [0.2, 0.25) is 0 Å². The molecule has 0 aliphatic rings. The fourth-order valence-corrected chi connectivity index (χ4v) is 1.24. The molecule has 3 nitrogen and oxygen atoms in total. The summed E-state index contributed by atoms with van der Waals surface area (Å²) in [5, 5.41) is 13.0. The Morgan fingerprint density at radius 3 is 2.29 bits per heavy atom. The molecule has 0 fully saturated rings. The van der Waals surface area contributed by atoms with E-state index < -0.39 is 6.10 Å². The zero-order chi connectivity index (χ0) is 12.8. The molecule has 17 heavy (non-hydrogen) atoms. The first-order valence-electron chi connectivity index (χ1n) is 5.57. The smallest absolute Gasteiger partial charge is 0.165 e. The molecule has 0 radical (unpaired) electrons. The highest BCUT2D eigenvalue weighted by Gasteiger charge is 2.10. The molecule has 0 spiro atoms. The molecule has 1 aromatic heterocycles. The minimum absolute atomic E-state index is 0.294. The third-order valence-electron chi connectivity index (χ3n) is 2.08. The summed E-state index contributed by atoms with van der Waals surface area (Å²) in [6, 6.07) is 7.56. The second-order valence-corrected chi connectivity index (χ2v) is 3.30. The molecular weight excluding hydrogens is 221 g/mol. The van der Waals surface area contributed by atoms with Crippen molar-refractivity contribution >= 4 is 0 Å². The Morgan fingerprint density at radius 1 is 1.24 bits per heavy atom. The van der Waals surface area contributed by atoms with E-state index in [1.807, 2.05) is 13.8 Å². The van der Waals surface area contributed by atoms with Crippen molar-refractivity contribution in [2.24, 2.45) is 0 Å². The predicted molar refractivity (Wildman–Crippen MR) is 63.9 cm³/mol. The van der Waals surface area contributed by atoms with Crippen LogP contribution in [0.4, 0.5) is 4.39 Å². The van der Waals surface area contributed by atoms with Crippen LogP contribution in [0, 0.1) is 5.82 Å². The first-order chi connectivity index (χ1) is 8.16. The zero-order valence-electron chi connectivity index (χ0n) is 10.1. The number of hydrogen-bond acceptors (Lipinski definition) is 3. The van der Waals surface area contributed by atoms with Gasteiger partial charge in [-0.25, -0.2) is 4.39 Å². The summed E-state index contributed by atoms with van der Waals surface area (Å²) >= 11 is 0. The normalized spacial score (nSPS) is 11.6. The molecule has 2 rings (SSSR count). The van der Waals surface area contributed by atoms with Gasteiger partial charge in [-0.15, -0.1) is 0 Å². The van der Waals surface area contributed by atoms with E-state index >= 15 is 0 Å². The summed E-state index contributed by atoms with van der Waals surface area (Å²) in [5.41, 5.74) is 1.35. The van der Waals surface area contributed by atoms with Crippen LogP contribution in [-0.4, -0.2) is 10.3 Å². The van der Waals surface area contributed by atoms with Crippen molar-refractivity contribution in [2.75, 3.05) is 0 Å². The molecule has 0 aliphatic carbocycles. The van der Waals surface area contributed by atoms with Gasteiger partial charge in [0.2, 0.25) is 0 Å². The van der Waals surface area contributed by atoms with E-state index in [1.165, 1.54) is 12.1 Å². The van der Waals surface area contributed by atoms with Crippen LogP contribution in [0.5, 0.6) is 0 Å². The first kappa shape index (κ1) is 13.4. The van der Waals surface area contributed by atoms with E-state index in [-0.39, 0.29) is 5.82 Å². The highest BCUT2D eigenvalue weighted by Crippen LogP contribution is 2.22. The van der Waals surface area contributed by atoms with Crippen molar-refractivity contribution in [2.45, 2.75) is 26.9 Å². The number of halogens is 1. The maximum atomic E-state index is 12.7. The number of nitrogens with zero attached hydrogens (tertiary/aromatic N) is 1. The van der Waals surface area contributed by atoms with Gasteiger partial charge in [0, 0.05) is 11.6 Å². The molecule has 4 heteroatoms. The Morgan fingerprint density at radius 2 is 1.82 bits per heavy atom. The van der Waals surface area contributed by atoms with Crippen molar-refractivity contribution in [3.63, 3.8) is 0 Å². The van der Waals surface area contributed by atoms with Crippen LogP contribution in [0.3, 0.4) is 0 Å². The average Bonchev–Trinajstić information content (AvgIpc) is 2.82. The summed E-state index contributed by atoms with van der Waals surface area (Å²) < 4.78 is 17.6. The summed E-state index contributed by atoms with van der Waals surface area (Å²) in [4.78, 5) is 0. The lowest BCUT2D eigenvalue weighted by atomic mass is 10.1. The second kappa shape index (κ2) is 6.15. The Balaban J connectivity index is 0.000000686. The van der Waals surface area contributed by atoms with Crippen molar-refractivity contribution in [1.29, 1.82) is 0 Å². The Hall–Kier alpha value is -1.68. The van der Waals surface area contributed by atoms with E-state index in [9.17, 15) is 9.50 Å². The lowest BCUT2D eigenvalue weighted by Crippen LogP contribution is -1.85. The molecule has 1 atom stereocenters. The molecule has 0 amide bonds. The predicted octanol–water partition coefficient (Wildman–Crippen LogP) is 3.56. The minimum atomic E-state index is -0.688. The standard InChI is InChI=1S/C11H10FNO2.C2H6/c1-7(14)11-6-10(13-15-11)8-2-4-9(12)5-3-8;1-2/h2-7,14H,1H3;1-2H3. The van der Waals surface area contributed by atoms with E-state index in [4.69, 9.17) is 4.52 Å². The van der Waals surface area contributed by atoms with Gasteiger partial charge < -0.3 is 9.63 Å². The van der Waals surface area contributed by atoms with E-state index in [0.29, 0.717) is 11.5 Å². The summed E-state index contributed by atoms with van der Waals surface area (Å²) in [6.07, 6.45) is -0.688. The van der Waals surface area contributed by atoms with Gasteiger partial charge in [0.05, 0.1) is 0 Å². The Labute approximate surface area is 99.9 Å². The van der Waals surface area contributed by atoms with E-state index in [0.717, 1.165) is 5.56 Å². The summed E-state index contributed by atoms with van der Waals surface area (Å²) in [6.45, 7) is 5.59. The Bertz CT molecular complexity index is 449. The molecule has 1 aromatic carbocycles. The fourth-order valence-electron chi connectivity index (χ4n) is 1.24. The maximum absolute atomic E-state index is 12.7. The van der Waals surface area contributed by atoms with Gasteiger partial charge in [-0.2, -0.15) is 0 Å². The molecule has 92 valence electrons. The maximum Gasteiger partial charge on any atom is 0.165 e. The van der Waals surface area contributed by atoms with Crippen LogP contribution < -0.4 is 0 Å². The number of benzene rings is 1. The summed E-state index contributed by atoms with van der Waals surface area (Å²) in [5.74, 6) is 0.104. The number of aliphatic hydroxyl groups is 1. The third kappa shape index (κ3) is 3.39. The van der Waals surface area contributed by atoms with Gasteiger partial charge in [0.25, 0.3) is 0 Å². The molecule has 1 heterocycles. The van der Waals surface area contributed by atoms with E-state index in [2.05, 4.69) is 5.16 Å². The van der Waals surface area contributed by atoms with Crippen LogP contribution in [0.25, 0.3) is 11.3 Å². The minimum Gasteiger partial charge on any atom is -0.385 e. The van der Waals surface area contributed by atoms with Gasteiger partial charge in [0.15, 0.2) is 5.76 Å². The highest BCUT2D eigenvalue weighted by atomic mass is 19.1. The van der Waals surface area contributed by atoms with Gasteiger partial charge in [0.1, 0.15) is 17.6 Å². The van der Waals surface area contributed by atoms with E-state index in [1.54, 1.807) is 25.1 Å². The van der Waals surface area contributed by atoms with Crippen molar-refractivity contribution in [3.8, 4) is 11.3 Å². The van der Waals surface area contributed by atoms with Gasteiger partial charge in [-0.1, -0.05) is 19.0 Å². The molecule has 2 aromatic rings. The Kier molecular flexibility index (Phi) is 4.84. The summed E-state index contributed by atoms with van der Waals surface area (Å²) in [7, 11) is 0. The van der Waals surface area contributed by atoms with Crippen molar-refractivity contribution < 1.29 is 14.0 Å². The topological polar surface area (TPSA) is 46.3 Å².